The molecule has 2 aliphatic rings. The Labute approximate surface area is 209 Å². The number of hydrazone groups is 1. The zero-order chi connectivity index (χ0) is 24.5. The van der Waals surface area contributed by atoms with Gasteiger partial charge in [0.05, 0.1) is 19.9 Å². The van der Waals surface area contributed by atoms with E-state index in [0.29, 0.717) is 18.7 Å². The van der Waals surface area contributed by atoms with E-state index >= 15 is 0 Å². The number of para-hydroxylation sites is 1. The molecule has 0 bridgehead atoms. The van der Waals surface area contributed by atoms with Crippen LogP contribution in [0.1, 0.15) is 24.0 Å². The van der Waals surface area contributed by atoms with Crippen LogP contribution in [0.4, 0.5) is 5.69 Å². The summed E-state index contributed by atoms with van der Waals surface area (Å²) in [7, 11) is 1.67. The molecule has 2 aliphatic heterocycles. The van der Waals surface area contributed by atoms with Crippen molar-refractivity contribution in [1.82, 2.24) is 9.91 Å². The van der Waals surface area contributed by atoms with E-state index in [2.05, 4.69) is 21.9 Å². The molecule has 184 valence electrons. The van der Waals surface area contributed by atoms with E-state index in [1.807, 2.05) is 54.6 Å². The monoisotopic (exact) mass is 484 g/mol. The van der Waals surface area contributed by atoms with Gasteiger partial charge in [0, 0.05) is 43.7 Å². The lowest BCUT2D eigenvalue weighted by Gasteiger charge is -2.36. The highest BCUT2D eigenvalue weighted by Crippen LogP contribution is 2.34. The van der Waals surface area contributed by atoms with E-state index in [1.165, 1.54) is 5.69 Å². The van der Waals surface area contributed by atoms with Crippen LogP contribution in [0.2, 0.25) is 0 Å². The number of methoxy groups -OCH3 is 1. The Bertz CT molecular complexity index is 1340. The Morgan fingerprint density at radius 3 is 2.56 bits per heavy atom. The number of benzene rings is 2. The topological polar surface area (TPSA) is 74.7 Å². The van der Waals surface area contributed by atoms with E-state index in [4.69, 9.17) is 18.7 Å². The maximum absolute atomic E-state index is 13.5. The zero-order valence-electron chi connectivity index (χ0n) is 20.2. The summed E-state index contributed by atoms with van der Waals surface area (Å²) < 4.78 is 17.0. The van der Waals surface area contributed by atoms with Crippen molar-refractivity contribution in [3.05, 3.63) is 84.5 Å². The second-order valence-corrected chi connectivity index (χ2v) is 9.13. The van der Waals surface area contributed by atoms with Crippen molar-refractivity contribution in [3.8, 4) is 5.75 Å². The third-order valence-corrected chi connectivity index (χ3v) is 6.92. The predicted molar refractivity (Wildman–Crippen MR) is 137 cm³/mol. The van der Waals surface area contributed by atoms with Gasteiger partial charge < -0.3 is 18.5 Å². The number of fused-ring (bicyclic) bond motifs is 1. The number of carbonyl (C=O) groups excluding carboxylic acids is 1. The summed E-state index contributed by atoms with van der Waals surface area (Å²) in [5.74, 6) is 2.22. The molecule has 4 aromatic rings. The molecule has 1 fully saturated rings. The fraction of sp³-hybridized carbons (Fsp3) is 0.286. The highest BCUT2D eigenvalue weighted by atomic mass is 16.5. The van der Waals surface area contributed by atoms with Crippen LogP contribution in [-0.4, -0.2) is 61.4 Å². The van der Waals surface area contributed by atoms with Crippen LogP contribution in [0.15, 0.2) is 86.9 Å². The highest BCUT2D eigenvalue weighted by Gasteiger charge is 2.36. The van der Waals surface area contributed by atoms with Crippen molar-refractivity contribution in [1.29, 1.82) is 0 Å². The fourth-order valence-electron chi connectivity index (χ4n) is 4.94. The molecule has 8 nitrogen and oxygen atoms in total. The SMILES string of the molecule is COc1ccc(N2CCN(CC(=O)N3N=C(c4cc5ccccc5o4)CC3c3ccco3)CC2)cc1. The average Bonchev–Trinajstić information content (AvgIpc) is 3.68. The molecule has 1 unspecified atom stereocenters. The number of hydrogen-bond donors (Lipinski definition) is 0. The summed E-state index contributed by atoms with van der Waals surface area (Å²) in [5.41, 5.74) is 2.73. The molecule has 36 heavy (non-hydrogen) atoms. The molecule has 1 atom stereocenters. The molecule has 2 aromatic carbocycles. The maximum atomic E-state index is 13.5. The van der Waals surface area contributed by atoms with E-state index in [9.17, 15) is 4.79 Å². The van der Waals surface area contributed by atoms with Gasteiger partial charge in [0.1, 0.15) is 28.8 Å². The Balaban J connectivity index is 1.15. The van der Waals surface area contributed by atoms with Crippen LogP contribution in [0, 0.1) is 0 Å². The van der Waals surface area contributed by atoms with Crippen molar-refractivity contribution in [3.63, 3.8) is 0 Å². The number of amides is 1. The van der Waals surface area contributed by atoms with Gasteiger partial charge in [-0.15, -0.1) is 0 Å². The number of nitrogens with zero attached hydrogens (tertiary/aromatic N) is 4. The van der Waals surface area contributed by atoms with Gasteiger partial charge >= 0.3 is 0 Å². The van der Waals surface area contributed by atoms with Crippen LogP contribution >= 0.6 is 0 Å². The van der Waals surface area contributed by atoms with E-state index in [-0.39, 0.29) is 11.9 Å². The Morgan fingerprint density at radius 1 is 1.03 bits per heavy atom. The predicted octanol–water partition coefficient (Wildman–Crippen LogP) is 4.53. The molecule has 0 N–H and O–H groups in total. The quantitative estimate of drug-likeness (QED) is 0.400. The third kappa shape index (κ3) is 4.35. The summed E-state index contributed by atoms with van der Waals surface area (Å²) in [6, 6.07) is 21.4. The van der Waals surface area contributed by atoms with Crippen LogP contribution in [0.3, 0.4) is 0 Å². The summed E-state index contributed by atoms with van der Waals surface area (Å²) >= 11 is 0. The van der Waals surface area contributed by atoms with Gasteiger partial charge in [-0.05, 0) is 48.5 Å². The Hall–Kier alpha value is -4.04. The number of carbonyl (C=O) groups is 1. The van der Waals surface area contributed by atoms with Gasteiger partial charge in [-0.2, -0.15) is 5.10 Å². The van der Waals surface area contributed by atoms with Crippen molar-refractivity contribution >= 4 is 28.3 Å². The molecule has 0 radical (unpaired) electrons. The first kappa shape index (κ1) is 22.4. The van der Waals surface area contributed by atoms with Crippen LogP contribution in [0.25, 0.3) is 11.0 Å². The van der Waals surface area contributed by atoms with E-state index in [1.54, 1.807) is 18.4 Å². The first-order chi connectivity index (χ1) is 17.7. The number of rotatable bonds is 6. The number of piperazine rings is 1. The van der Waals surface area contributed by atoms with Crippen molar-refractivity contribution in [2.45, 2.75) is 12.5 Å². The minimum absolute atomic E-state index is 0.0413. The smallest absolute Gasteiger partial charge is 0.257 e. The molecule has 8 heteroatoms. The Kier molecular flexibility index (Phi) is 5.95. The molecule has 1 saturated heterocycles. The summed E-state index contributed by atoms with van der Waals surface area (Å²) in [6.45, 7) is 3.63. The van der Waals surface area contributed by atoms with Crippen LogP contribution in [0.5, 0.6) is 5.75 Å². The molecule has 6 rings (SSSR count). The number of hydrogen-bond acceptors (Lipinski definition) is 7. The number of anilines is 1. The largest absolute Gasteiger partial charge is 0.497 e. The fourth-order valence-corrected chi connectivity index (χ4v) is 4.94. The van der Waals surface area contributed by atoms with Crippen LogP contribution < -0.4 is 9.64 Å². The standard InChI is InChI=1S/C28H28N4O4/c1-34-22-10-8-21(9-11-22)31-14-12-30(13-15-31)19-28(33)32-24(26-7-4-16-35-26)18-23(29-32)27-17-20-5-2-3-6-25(20)36-27/h2-11,16-17,24H,12-15,18-19H2,1H3. The van der Waals surface area contributed by atoms with Gasteiger partial charge in [-0.3, -0.25) is 9.69 Å². The lowest BCUT2D eigenvalue weighted by atomic mass is 10.1. The maximum Gasteiger partial charge on any atom is 0.257 e. The summed E-state index contributed by atoms with van der Waals surface area (Å²) in [6.07, 6.45) is 2.18. The molecular weight excluding hydrogens is 456 g/mol. The van der Waals surface area contributed by atoms with Gasteiger partial charge in [-0.25, -0.2) is 5.01 Å². The van der Waals surface area contributed by atoms with Gasteiger partial charge in [-0.1, -0.05) is 18.2 Å². The zero-order valence-corrected chi connectivity index (χ0v) is 20.2. The highest BCUT2D eigenvalue weighted by molar-refractivity contribution is 6.03. The minimum Gasteiger partial charge on any atom is -0.497 e. The molecule has 4 heterocycles. The number of ether oxygens (including phenoxy) is 1. The van der Waals surface area contributed by atoms with Crippen molar-refractivity contribution < 1.29 is 18.4 Å². The van der Waals surface area contributed by atoms with Gasteiger partial charge in [0.25, 0.3) is 5.91 Å². The minimum atomic E-state index is -0.281. The molecule has 1 amide bonds. The molecular formula is C28H28N4O4. The summed E-state index contributed by atoms with van der Waals surface area (Å²) in [4.78, 5) is 18.0. The molecule has 0 spiro atoms. The lowest BCUT2D eigenvalue weighted by Crippen LogP contribution is -2.49. The van der Waals surface area contributed by atoms with Crippen LogP contribution in [-0.2, 0) is 4.79 Å². The number of furan rings is 2. The van der Waals surface area contributed by atoms with Crippen molar-refractivity contribution in [2.75, 3.05) is 44.7 Å². The molecule has 0 saturated carbocycles. The van der Waals surface area contributed by atoms with E-state index in [0.717, 1.165) is 54.4 Å². The van der Waals surface area contributed by atoms with E-state index < -0.39 is 0 Å². The summed E-state index contributed by atoms with van der Waals surface area (Å²) in [5, 5.41) is 7.33. The normalized spacial score (nSPS) is 18.6. The molecule has 0 aliphatic carbocycles. The first-order valence-electron chi connectivity index (χ1n) is 12.2. The third-order valence-electron chi connectivity index (χ3n) is 6.92. The Morgan fingerprint density at radius 2 is 1.83 bits per heavy atom. The average molecular weight is 485 g/mol. The molecule has 2 aromatic heterocycles. The van der Waals surface area contributed by atoms with Gasteiger partial charge in [0.2, 0.25) is 0 Å². The van der Waals surface area contributed by atoms with Gasteiger partial charge in [0.15, 0.2) is 5.76 Å². The second-order valence-electron chi connectivity index (χ2n) is 9.13. The van der Waals surface area contributed by atoms with Crippen molar-refractivity contribution in [2.24, 2.45) is 5.10 Å². The first-order valence-corrected chi connectivity index (χ1v) is 12.2. The lowest BCUT2D eigenvalue weighted by molar-refractivity contribution is -0.134. The second kappa shape index (κ2) is 9.54.